The first-order valence-corrected chi connectivity index (χ1v) is 17.0. The fourth-order valence-electron chi connectivity index (χ4n) is 5.32. The zero-order valence-corrected chi connectivity index (χ0v) is 29.6. The summed E-state index contributed by atoms with van der Waals surface area (Å²) < 4.78 is 36.8. The molecule has 1 aliphatic rings. The molecule has 0 saturated carbocycles. The summed E-state index contributed by atoms with van der Waals surface area (Å²) in [4.78, 5) is 44.2. The van der Waals surface area contributed by atoms with Gasteiger partial charge in [-0.15, -0.1) is 10.8 Å². The highest BCUT2D eigenvalue weighted by Gasteiger charge is 2.50. The van der Waals surface area contributed by atoms with E-state index < -0.39 is 51.0 Å². The molecule has 0 bridgehead atoms. The number of hydrogen-bond donors (Lipinski definition) is 3. The van der Waals surface area contributed by atoms with E-state index in [0.717, 1.165) is 5.56 Å². The molecule has 1 saturated heterocycles. The fourth-order valence-corrected chi connectivity index (χ4v) is 8.52. The normalized spacial score (nSPS) is 18.5. The molecule has 45 heavy (non-hydrogen) atoms. The number of alkyl carbamates (subject to hydrolysis) is 1. The predicted molar refractivity (Wildman–Crippen MR) is 178 cm³/mol. The topological polar surface area (TPSA) is 143 Å². The number of carbonyl (C=O) groups excluding carboxylic acids is 3. The summed E-state index contributed by atoms with van der Waals surface area (Å²) in [6.45, 7) is 15.9. The van der Waals surface area contributed by atoms with Gasteiger partial charge in [0.25, 0.3) is 0 Å². The largest absolute Gasteiger partial charge is 0.444 e. The van der Waals surface area contributed by atoms with Gasteiger partial charge in [-0.25, -0.2) is 23.4 Å². The SMILES string of the molecule is CC(C)(C)OC(=O)NC(Cc1ccc(C2CC(=O)N(C(C)(C)C)S2(O)O)c(Br)c1)c1nc2ccccc2n1C(=O)OC(C)(C)C. The number of carbonyl (C=O) groups is 3. The van der Waals surface area contributed by atoms with Crippen LogP contribution in [0.1, 0.15) is 97.0 Å². The van der Waals surface area contributed by atoms with Crippen molar-refractivity contribution in [3.8, 4) is 0 Å². The Balaban J connectivity index is 1.75. The average Bonchev–Trinajstić information content (AvgIpc) is 3.35. The number of rotatable bonds is 5. The Morgan fingerprint density at radius 3 is 2.20 bits per heavy atom. The third-order valence-electron chi connectivity index (χ3n) is 6.86. The molecule has 0 aliphatic carbocycles. The summed E-state index contributed by atoms with van der Waals surface area (Å²) in [5, 5.41) is 2.07. The average molecular weight is 708 g/mol. The molecule has 1 fully saturated rings. The van der Waals surface area contributed by atoms with Gasteiger partial charge in [-0.2, -0.15) is 0 Å². The lowest BCUT2D eigenvalue weighted by molar-refractivity contribution is -0.128. The van der Waals surface area contributed by atoms with Crippen molar-refractivity contribution in [1.29, 1.82) is 0 Å². The van der Waals surface area contributed by atoms with E-state index in [-0.39, 0.29) is 24.6 Å². The first kappa shape index (κ1) is 34.7. The summed E-state index contributed by atoms with van der Waals surface area (Å²) in [7, 11) is -3.45. The summed E-state index contributed by atoms with van der Waals surface area (Å²) >= 11 is 3.59. The van der Waals surface area contributed by atoms with Crippen molar-refractivity contribution in [3.05, 3.63) is 63.9 Å². The van der Waals surface area contributed by atoms with Gasteiger partial charge in [0.15, 0.2) is 0 Å². The first-order valence-electron chi connectivity index (χ1n) is 14.7. The number of fused-ring (bicyclic) bond motifs is 1. The molecule has 1 aromatic heterocycles. The van der Waals surface area contributed by atoms with Gasteiger partial charge in [0.05, 0.1) is 29.0 Å². The molecule has 4 rings (SSSR count). The maximum atomic E-state index is 13.5. The second kappa shape index (κ2) is 12.2. The number of benzene rings is 2. The van der Waals surface area contributed by atoms with Gasteiger partial charge in [0.1, 0.15) is 22.3 Å². The Hall–Kier alpha value is -3.13. The van der Waals surface area contributed by atoms with Crippen LogP contribution in [0.2, 0.25) is 0 Å². The van der Waals surface area contributed by atoms with Gasteiger partial charge in [-0.3, -0.25) is 13.9 Å². The van der Waals surface area contributed by atoms with Crippen LogP contribution in [0.15, 0.2) is 46.9 Å². The van der Waals surface area contributed by atoms with E-state index in [2.05, 4.69) is 21.2 Å². The van der Waals surface area contributed by atoms with Gasteiger partial charge in [-0.05, 0) is 91.6 Å². The number of imidazole rings is 1. The highest BCUT2D eigenvalue weighted by molar-refractivity contribution is 9.10. The number of nitrogens with one attached hydrogen (secondary N) is 1. The van der Waals surface area contributed by atoms with E-state index in [1.54, 1.807) is 98.7 Å². The lowest BCUT2D eigenvalue weighted by atomic mass is 10.0. The van der Waals surface area contributed by atoms with Gasteiger partial charge >= 0.3 is 12.2 Å². The van der Waals surface area contributed by atoms with Crippen LogP contribution in [-0.4, -0.2) is 57.8 Å². The summed E-state index contributed by atoms with van der Waals surface area (Å²) in [6.07, 6.45) is -1.18. The summed E-state index contributed by atoms with van der Waals surface area (Å²) in [5.74, 6) is -0.0703. The lowest BCUT2D eigenvalue weighted by Gasteiger charge is -2.47. The van der Waals surface area contributed by atoms with Gasteiger partial charge < -0.3 is 14.8 Å². The van der Waals surface area contributed by atoms with E-state index in [9.17, 15) is 23.5 Å². The minimum Gasteiger partial charge on any atom is -0.444 e. The molecule has 3 N–H and O–H groups in total. The molecule has 3 aromatic rings. The monoisotopic (exact) mass is 706 g/mol. The molecule has 2 atom stereocenters. The number of halogens is 1. The Morgan fingerprint density at radius 1 is 1.02 bits per heavy atom. The van der Waals surface area contributed by atoms with Gasteiger partial charge in [0, 0.05) is 10.9 Å². The number of hydrogen-bond acceptors (Lipinski definition) is 8. The van der Waals surface area contributed by atoms with Crippen LogP contribution in [0, 0.1) is 0 Å². The number of ether oxygens (including phenoxy) is 2. The molecule has 2 unspecified atom stereocenters. The number of aromatic nitrogens is 2. The van der Waals surface area contributed by atoms with Crippen molar-refractivity contribution >= 4 is 55.8 Å². The molecular weight excluding hydrogens is 664 g/mol. The second-order valence-corrected chi connectivity index (χ2v) is 17.1. The Kier molecular flexibility index (Phi) is 9.44. The third kappa shape index (κ3) is 7.82. The fraction of sp³-hybridized carbons (Fsp3) is 0.500. The summed E-state index contributed by atoms with van der Waals surface area (Å²) in [6, 6.07) is 11.7. The van der Waals surface area contributed by atoms with Crippen LogP contribution in [0.5, 0.6) is 0 Å². The van der Waals surface area contributed by atoms with Crippen molar-refractivity contribution in [2.24, 2.45) is 0 Å². The lowest BCUT2D eigenvalue weighted by Crippen LogP contribution is -2.43. The van der Waals surface area contributed by atoms with Crippen LogP contribution >= 0.6 is 26.7 Å². The molecule has 1 aliphatic heterocycles. The van der Waals surface area contributed by atoms with Crippen LogP contribution in [0.25, 0.3) is 11.0 Å². The van der Waals surface area contributed by atoms with Crippen molar-refractivity contribution in [3.63, 3.8) is 0 Å². The standard InChI is InChI=1S/C32H43BrN4O7S/c1-30(2,3)37-26(38)18-25(45(37,41)42)20-15-14-19(16-21(20)33)17-23(35-28(39)43-31(4,5)6)27-34-22-12-10-11-13-24(22)36(27)29(40)44-32(7,8)9/h10-16,23,25,41-42H,17-18H2,1-9H3,(H,35,39). The second-order valence-electron chi connectivity index (χ2n) is 14.1. The van der Waals surface area contributed by atoms with E-state index in [0.29, 0.717) is 21.1 Å². The van der Waals surface area contributed by atoms with E-state index in [1.807, 2.05) is 6.07 Å². The quantitative estimate of drug-likeness (QED) is 0.241. The minimum absolute atomic E-state index is 0.0414. The molecule has 2 heterocycles. The Morgan fingerprint density at radius 2 is 1.64 bits per heavy atom. The van der Waals surface area contributed by atoms with Crippen molar-refractivity contribution in [2.45, 2.75) is 103 Å². The van der Waals surface area contributed by atoms with E-state index in [1.165, 1.54) is 8.87 Å². The van der Waals surface area contributed by atoms with Crippen molar-refractivity contribution in [2.75, 3.05) is 0 Å². The highest BCUT2D eigenvalue weighted by Crippen LogP contribution is 2.66. The molecule has 2 amide bonds. The summed E-state index contributed by atoms with van der Waals surface area (Å²) in [5.41, 5.74) is 0.0684. The van der Waals surface area contributed by atoms with Crippen LogP contribution in [-0.2, 0) is 20.7 Å². The van der Waals surface area contributed by atoms with Gasteiger partial charge in [0.2, 0.25) is 5.91 Å². The van der Waals surface area contributed by atoms with E-state index >= 15 is 0 Å². The molecule has 11 nitrogen and oxygen atoms in total. The molecule has 0 spiro atoms. The van der Waals surface area contributed by atoms with Crippen molar-refractivity contribution in [1.82, 2.24) is 19.2 Å². The van der Waals surface area contributed by atoms with Crippen molar-refractivity contribution < 1.29 is 33.0 Å². The maximum absolute atomic E-state index is 13.5. The van der Waals surface area contributed by atoms with Crippen LogP contribution < -0.4 is 5.32 Å². The third-order valence-corrected chi connectivity index (χ3v) is 10.0. The number of para-hydroxylation sites is 2. The molecule has 2 aromatic carbocycles. The molecule has 0 radical (unpaired) electrons. The molecule has 246 valence electrons. The Labute approximate surface area is 274 Å². The minimum atomic E-state index is -3.45. The molecule has 13 heteroatoms. The van der Waals surface area contributed by atoms with Crippen LogP contribution in [0.3, 0.4) is 0 Å². The highest BCUT2D eigenvalue weighted by atomic mass is 79.9. The number of nitrogens with zero attached hydrogens (tertiary/aromatic N) is 3. The zero-order valence-electron chi connectivity index (χ0n) is 27.2. The van der Waals surface area contributed by atoms with E-state index in [4.69, 9.17) is 14.5 Å². The zero-order chi connectivity index (χ0) is 33.7. The first-order chi connectivity index (χ1) is 20.6. The Bertz CT molecular complexity index is 1620. The molecular formula is C32H43BrN4O7S. The van der Waals surface area contributed by atoms with Crippen LogP contribution in [0.4, 0.5) is 9.59 Å². The smallest absolute Gasteiger partial charge is 0.420 e. The number of amides is 2. The maximum Gasteiger partial charge on any atom is 0.420 e. The predicted octanol–water partition coefficient (Wildman–Crippen LogP) is 8.13. The van der Waals surface area contributed by atoms with Gasteiger partial charge in [-0.1, -0.05) is 40.2 Å².